The molecule has 5 nitrogen and oxygen atoms in total. The van der Waals surface area contributed by atoms with Gasteiger partial charge in [-0.1, -0.05) is 36.4 Å². The van der Waals surface area contributed by atoms with Crippen molar-refractivity contribution in [1.82, 2.24) is 5.32 Å². The molecule has 0 radical (unpaired) electrons. The zero-order chi connectivity index (χ0) is 16.0. The number of hydrogen-bond donors (Lipinski definition) is 1. The summed E-state index contributed by atoms with van der Waals surface area (Å²) in [6, 6.07) is 13.8. The van der Waals surface area contributed by atoms with Gasteiger partial charge in [0, 0.05) is 11.1 Å². The summed E-state index contributed by atoms with van der Waals surface area (Å²) in [6.45, 7) is 0. The fraction of sp³-hybridized carbons (Fsp3) is 0.167. The maximum atomic E-state index is 12.8. The zero-order valence-electron chi connectivity index (χ0n) is 12.4. The van der Waals surface area contributed by atoms with E-state index in [1.807, 2.05) is 42.5 Å². The van der Waals surface area contributed by atoms with Gasteiger partial charge in [-0.05, 0) is 17.7 Å². The Hall–Kier alpha value is -2.95. The summed E-state index contributed by atoms with van der Waals surface area (Å²) in [5.41, 5.74) is 2.77. The average Bonchev–Trinajstić information content (AvgIpc) is 2.87. The highest BCUT2D eigenvalue weighted by Gasteiger charge is 2.45. The monoisotopic (exact) mass is 306 g/mol. The molecule has 5 heteroatoms. The van der Waals surface area contributed by atoms with Gasteiger partial charge in [0.15, 0.2) is 5.78 Å². The molecule has 2 aromatic carbocycles. The summed E-state index contributed by atoms with van der Waals surface area (Å²) in [4.78, 5) is 28.9. The first-order valence-electron chi connectivity index (χ1n) is 7.35. The smallest absolute Gasteiger partial charge is 0.341 e. The molecule has 0 bridgehead atoms. The fourth-order valence-electron chi connectivity index (χ4n) is 3.29. The number of ketones is 1. The molecule has 1 aliphatic carbocycles. The number of nitrogens with one attached hydrogen (secondary N) is 1. The van der Waals surface area contributed by atoms with E-state index >= 15 is 0 Å². The molecule has 1 heterocycles. The normalized spacial score (nSPS) is 22.0. The Morgan fingerprint density at radius 1 is 1.04 bits per heavy atom. The molecule has 0 spiro atoms. The van der Waals surface area contributed by atoms with Crippen LogP contribution in [-0.4, -0.2) is 24.6 Å². The van der Waals surface area contributed by atoms with Crippen molar-refractivity contribution in [3.63, 3.8) is 0 Å². The van der Waals surface area contributed by atoms with Crippen LogP contribution >= 0.6 is 0 Å². The van der Waals surface area contributed by atoms with Crippen LogP contribution in [0.5, 0.6) is 5.75 Å². The first kappa shape index (κ1) is 13.7. The van der Waals surface area contributed by atoms with Crippen LogP contribution in [0.15, 0.2) is 53.5 Å². The van der Waals surface area contributed by atoms with Crippen LogP contribution in [0.3, 0.4) is 0 Å². The summed E-state index contributed by atoms with van der Waals surface area (Å²) >= 11 is 0. The molecule has 0 fully saturated rings. The number of amides is 2. The molecule has 4 rings (SSSR count). The Morgan fingerprint density at radius 3 is 2.61 bits per heavy atom. The number of methoxy groups -OCH3 is 1. The number of urea groups is 1. The number of benzene rings is 2. The van der Waals surface area contributed by atoms with E-state index in [1.165, 1.54) is 0 Å². The van der Waals surface area contributed by atoms with E-state index in [1.54, 1.807) is 13.2 Å². The number of fused-ring (bicyclic) bond motifs is 3. The molecule has 114 valence electrons. The SMILES string of the molecule is COc1cccc(C2NC(=O)N=C3c4ccccc4C(=O)C32)c1. The maximum absolute atomic E-state index is 12.8. The summed E-state index contributed by atoms with van der Waals surface area (Å²) < 4.78 is 5.24. The molecule has 2 aliphatic rings. The van der Waals surface area contributed by atoms with Crippen LogP contribution in [0.1, 0.15) is 27.5 Å². The van der Waals surface area contributed by atoms with Gasteiger partial charge in [-0.15, -0.1) is 0 Å². The van der Waals surface area contributed by atoms with Gasteiger partial charge in [0.25, 0.3) is 0 Å². The second-order valence-electron chi connectivity index (χ2n) is 5.59. The van der Waals surface area contributed by atoms with Crippen LogP contribution in [0.4, 0.5) is 4.79 Å². The standard InChI is InChI=1S/C18H14N2O3/c1-23-11-6-4-5-10(9-11)15-14-16(20-18(22)19-15)12-7-2-3-8-13(12)17(14)21/h2-9,14-15H,1H3,(H,19,22). The third-order valence-corrected chi connectivity index (χ3v) is 4.33. The lowest BCUT2D eigenvalue weighted by Crippen LogP contribution is -2.41. The fourth-order valence-corrected chi connectivity index (χ4v) is 3.29. The number of hydrogen-bond acceptors (Lipinski definition) is 3. The van der Waals surface area contributed by atoms with Gasteiger partial charge >= 0.3 is 6.03 Å². The Labute approximate surface area is 133 Å². The summed E-state index contributed by atoms with van der Waals surface area (Å²) in [6.07, 6.45) is 0. The largest absolute Gasteiger partial charge is 0.497 e. The molecule has 1 N–H and O–H groups in total. The summed E-state index contributed by atoms with van der Waals surface area (Å²) in [5, 5.41) is 2.82. The van der Waals surface area contributed by atoms with Crippen molar-refractivity contribution >= 4 is 17.5 Å². The highest BCUT2D eigenvalue weighted by molar-refractivity contribution is 6.31. The summed E-state index contributed by atoms with van der Waals surface area (Å²) in [5.74, 6) is 0.188. The second kappa shape index (κ2) is 5.05. The van der Waals surface area contributed by atoms with Crippen LogP contribution in [0.2, 0.25) is 0 Å². The van der Waals surface area contributed by atoms with Crippen molar-refractivity contribution in [3.05, 3.63) is 65.2 Å². The zero-order valence-corrected chi connectivity index (χ0v) is 12.4. The second-order valence-corrected chi connectivity index (χ2v) is 5.59. The third-order valence-electron chi connectivity index (χ3n) is 4.33. The molecule has 2 unspecified atom stereocenters. The van der Waals surface area contributed by atoms with Gasteiger partial charge in [0.1, 0.15) is 5.75 Å². The number of Topliss-reactive ketones (excluding diaryl/α,β-unsaturated/α-hetero) is 1. The van der Waals surface area contributed by atoms with E-state index in [-0.39, 0.29) is 5.78 Å². The van der Waals surface area contributed by atoms with Gasteiger partial charge in [-0.2, -0.15) is 4.99 Å². The minimum Gasteiger partial charge on any atom is -0.497 e. The Morgan fingerprint density at radius 2 is 1.83 bits per heavy atom. The molecule has 0 saturated carbocycles. The first-order chi connectivity index (χ1) is 11.2. The Bertz CT molecular complexity index is 857. The number of ether oxygens (including phenoxy) is 1. The van der Waals surface area contributed by atoms with Crippen molar-refractivity contribution in [2.75, 3.05) is 7.11 Å². The van der Waals surface area contributed by atoms with Crippen molar-refractivity contribution in [1.29, 1.82) is 0 Å². The van der Waals surface area contributed by atoms with Gasteiger partial charge in [-0.3, -0.25) is 4.79 Å². The minimum absolute atomic E-state index is 0.00725. The van der Waals surface area contributed by atoms with E-state index in [0.29, 0.717) is 17.0 Å². The van der Waals surface area contributed by atoms with Gasteiger partial charge in [-0.25, -0.2) is 4.79 Å². The third kappa shape index (κ3) is 2.04. The van der Waals surface area contributed by atoms with E-state index in [4.69, 9.17) is 4.74 Å². The molecular weight excluding hydrogens is 292 g/mol. The maximum Gasteiger partial charge on any atom is 0.341 e. The van der Waals surface area contributed by atoms with E-state index in [2.05, 4.69) is 10.3 Å². The molecule has 2 aromatic rings. The van der Waals surface area contributed by atoms with E-state index < -0.39 is 18.0 Å². The highest BCUT2D eigenvalue weighted by Crippen LogP contribution is 2.38. The highest BCUT2D eigenvalue weighted by atomic mass is 16.5. The van der Waals surface area contributed by atoms with Gasteiger partial charge < -0.3 is 10.1 Å². The molecule has 0 aromatic heterocycles. The molecular formula is C18H14N2O3. The number of nitrogens with zero attached hydrogens (tertiary/aromatic N) is 1. The predicted molar refractivity (Wildman–Crippen MR) is 85.1 cm³/mol. The molecule has 23 heavy (non-hydrogen) atoms. The van der Waals surface area contributed by atoms with Crippen LogP contribution in [-0.2, 0) is 0 Å². The quantitative estimate of drug-likeness (QED) is 0.927. The number of aliphatic imine (C=N–C) groups is 1. The van der Waals surface area contributed by atoms with Crippen molar-refractivity contribution in [2.24, 2.45) is 10.9 Å². The predicted octanol–water partition coefficient (Wildman–Crippen LogP) is 2.76. The van der Waals surface area contributed by atoms with E-state index in [0.717, 1.165) is 11.1 Å². The average molecular weight is 306 g/mol. The molecule has 0 saturated heterocycles. The molecule has 2 amide bonds. The van der Waals surface area contributed by atoms with Gasteiger partial charge in [0.05, 0.1) is 24.8 Å². The van der Waals surface area contributed by atoms with E-state index in [9.17, 15) is 9.59 Å². The van der Waals surface area contributed by atoms with Crippen LogP contribution in [0.25, 0.3) is 0 Å². The van der Waals surface area contributed by atoms with Crippen molar-refractivity contribution in [3.8, 4) is 5.75 Å². The van der Waals surface area contributed by atoms with Crippen molar-refractivity contribution in [2.45, 2.75) is 6.04 Å². The first-order valence-corrected chi connectivity index (χ1v) is 7.35. The topological polar surface area (TPSA) is 67.8 Å². The Balaban J connectivity index is 1.84. The molecule has 1 aliphatic heterocycles. The van der Waals surface area contributed by atoms with Crippen LogP contribution < -0.4 is 10.1 Å². The Kier molecular flexibility index (Phi) is 3.01. The van der Waals surface area contributed by atoms with Crippen LogP contribution in [0, 0.1) is 5.92 Å². The lowest BCUT2D eigenvalue weighted by atomic mass is 9.87. The number of carbonyl (C=O) groups is 2. The lowest BCUT2D eigenvalue weighted by Gasteiger charge is -2.27. The van der Waals surface area contributed by atoms with Gasteiger partial charge in [0.2, 0.25) is 0 Å². The van der Waals surface area contributed by atoms with Crippen molar-refractivity contribution < 1.29 is 14.3 Å². The lowest BCUT2D eigenvalue weighted by molar-refractivity contribution is 0.0942. The number of rotatable bonds is 2. The summed E-state index contributed by atoms with van der Waals surface area (Å²) in [7, 11) is 1.59. The molecule has 2 atom stereocenters. The number of carbonyl (C=O) groups excluding carboxylic acids is 2. The minimum atomic E-state index is -0.489.